The van der Waals surface area contributed by atoms with E-state index in [0.29, 0.717) is 28.5 Å². The van der Waals surface area contributed by atoms with Gasteiger partial charge in [-0.25, -0.2) is 0 Å². The number of furan rings is 1. The number of ether oxygens (including phenoxy) is 1. The van der Waals surface area contributed by atoms with Crippen LogP contribution in [-0.4, -0.2) is 23.9 Å². The fourth-order valence-corrected chi connectivity index (χ4v) is 3.94. The summed E-state index contributed by atoms with van der Waals surface area (Å²) >= 11 is 0. The maximum atomic E-state index is 13.2. The molecule has 0 radical (unpaired) electrons. The molecule has 1 fully saturated rings. The van der Waals surface area contributed by atoms with Crippen molar-refractivity contribution in [3.05, 3.63) is 88.4 Å². The Morgan fingerprint density at radius 2 is 1.77 bits per heavy atom. The van der Waals surface area contributed by atoms with Crippen molar-refractivity contribution in [1.29, 1.82) is 0 Å². The van der Waals surface area contributed by atoms with Crippen LogP contribution in [0.25, 0.3) is 5.76 Å². The molecule has 4 rings (SSSR count). The molecule has 0 aliphatic carbocycles. The van der Waals surface area contributed by atoms with E-state index in [-0.39, 0.29) is 11.3 Å². The molecule has 6 nitrogen and oxygen atoms in total. The fraction of sp³-hybridized carbons (Fsp3) is 0.200. The summed E-state index contributed by atoms with van der Waals surface area (Å²) in [5.74, 6) is -0.356. The Labute approximate surface area is 180 Å². The van der Waals surface area contributed by atoms with Gasteiger partial charge in [-0.2, -0.15) is 0 Å². The average Bonchev–Trinajstić information content (AvgIpc) is 3.29. The molecule has 1 N–H and O–H groups in total. The van der Waals surface area contributed by atoms with Crippen LogP contribution in [-0.2, 0) is 9.59 Å². The van der Waals surface area contributed by atoms with Crippen molar-refractivity contribution in [3.63, 3.8) is 0 Å². The number of benzene rings is 2. The highest BCUT2D eigenvalue weighted by Gasteiger charge is 2.49. The number of hydrogen-bond donors (Lipinski definition) is 1. The number of carbonyl (C=O) groups excluding carboxylic acids is 2. The summed E-state index contributed by atoms with van der Waals surface area (Å²) in [5.41, 5.74) is 2.59. The lowest BCUT2D eigenvalue weighted by molar-refractivity contribution is -0.132. The number of rotatable bonds is 4. The molecule has 1 atom stereocenters. The smallest absolute Gasteiger partial charge is 0.300 e. The summed E-state index contributed by atoms with van der Waals surface area (Å²) in [7, 11) is 1.49. The van der Waals surface area contributed by atoms with Crippen molar-refractivity contribution in [2.45, 2.75) is 26.8 Å². The second kappa shape index (κ2) is 7.80. The third-order valence-corrected chi connectivity index (χ3v) is 5.46. The number of aliphatic hydroxyl groups excluding tert-OH is 1. The van der Waals surface area contributed by atoms with Crippen LogP contribution in [0.15, 0.2) is 64.6 Å². The summed E-state index contributed by atoms with van der Waals surface area (Å²) in [6.45, 7) is 5.52. The number of hydrogen-bond acceptors (Lipinski definition) is 5. The largest absolute Gasteiger partial charge is 0.507 e. The van der Waals surface area contributed by atoms with Crippen molar-refractivity contribution in [3.8, 4) is 5.75 Å². The van der Waals surface area contributed by atoms with Gasteiger partial charge in [-0.05, 0) is 56.7 Å². The summed E-state index contributed by atoms with van der Waals surface area (Å²) in [5, 5.41) is 11.3. The van der Waals surface area contributed by atoms with Crippen LogP contribution in [0.5, 0.6) is 5.75 Å². The predicted octanol–water partition coefficient (Wildman–Crippen LogP) is 4.84. The second-order valence-electron chi connectivity index (χ2n) is 7.61. The highest BCUT2D eigenvalue weighted by Crippen LogP contribution is 2.44. The molecule has 0 bridgehead atoms. The van der Waals surface area contributed by atoms with Gasteiger partial charge < -0.3 is 14.3 Å². The topological polar surface area (TPSA) is 80.0 Å². The van der Waals surface area contributed by atoms with E-state index in [2.05, 4.69) is 0 Å². The summed E-state index contributed by atoms with van der Waals surface area (Å²) in [6.07, 6.45) is 0. The Hall–Kier alpha value is -3.80. The first-order valence-electron chi connectivity index (χ1n) is 9.91. The Morgan fingerprint density at radius 1 is 1.03 bits per heavy atom. The van der Waals surface area contributed by atoms with Gasteiger partial charge in [0.25, 0.3) is 11.7 Å². The Morgan fingerprint density at radius 3 is 2.42 bits per heavy atom. The lowest BCUT2D eigenvalue weighted by atomic mass is 9.97. The highest BCUT2D eigenvalue weighted by molar-refractivity contribution is 6.51. The van der Waals surface area contributed by atoms with Gasteiger partial charge >= 0.3 is 0 Å². The van der Waals surface area contributed by atoms with E-state index in [9.17, 15) is 14.7 Å². The molecule has 2 heterocycles. The number of ketones is 1. The van der Waals surface area contributed by atoms with E-state index in [4.69, 9.17) is 9.15 Å². The van der Waals surface area contributed by atoms with Gasteiger partial charge in [0.2, 0.25) is 0 Å². The van der Waals surface area contributed by atoms with Gasteiger partial charge in [0.15, 0.2) is 0 Å². The highest BCUT2D eigenvalue weighted by atomic mass is 16.5. The zero-order valence-corrected chi connectivity index (χ0v) is 17.8. The monoisotopic (exact) mass is 417 g/mol. The van der Waals surface area contributed by atoms with Gasteiger partial charge in [-0.15, -0.1) is 0 Å². The number of methoxy groups -OCH3 is 1. The van der Waals surface area contributed by atoms with Crippen molar-refractivity contribution in [2.75, 3.05) is 12.0 Å². The Bertz CT molecular complexity index is 1220. The Kier molecular flexibility index (Phi) is 5.15. The molecule has 0 saturated carbocycles. The van der Waals surface area contributed by atoms with Crippen molar-refractivity contribution >= 4 is 23.1 Å². The number of carbonyl (C=O) groups is 2. The van der Waals surface area contributed by atoms with Crippen LogP contribution < -0.4 is 9.64 Å². The maximum absolute atomic E-state index is 13.2. The summed E-state index contributed by atoms with van der Waals surface area (Å²) < 4.78 is 11.2. The molecule has 2 aromatic carbocycles. The average molecular weight is 417 g/mol. The predicted molar refractivity (Wildman–Crippen MR) is 117 cm³/mol. The van der Waals surface area contributed by atoms with Crippen LogP contribution in [0.4, 0.5) is 5.69 Å². The van der Waals surface area contributed by atoms with E-state index in [0.717, 1.165) is 11.1 Å². The number of aryl methyl sites for hydroxylation is 3. The van der Waals surface area contributed by atoms with Crippen LogP contribution in [0.1, 0.15) is 34.3 Å². The molecule has 158 valence electrons. The molecule has 1 unspecified atom stereocenters. The zero-order chi connectivity index (χ0) is 22.3. The molecule has 0 spiro atoms. The van der Waals surface area contributed by atoms with Crippen molar-refractivity contribution in [1.82, 2.24) is 0 Å². The summed E-state index contributed by atoms with van der Waals surface area (Å²) in [4.78, 5) is 27.8. The SMILES string of the molecule is COc1ccc(C)cc1/C(O)=C1\C(=O)C(=O)N(c2ccccc2C)C1c1ccc(C)o1. The minimum atomic E-state index is -0.903. The van der Waals surface area contributed by atoms with Gasteiger partial charge in [-0.1, -0.05) is 29.8 Å². The third kappa shape index (κ3) is 3.40. The lowest BCUT2D eigenvalue weighted by Gasteiger charge is -2.25. The second-order valence-corrected chi connectivity index (χ2v) is 7.61. The molecule has 6 heteroatoms. The first-order chi connectivity index (χ1) is 14.8. The Balaban J connectivity index is 2.00. The zero-order valence-electron chi connectivity index (χ0n) is 17.8. The first-order valence-corrected chi connectivity index (χ1v) is 9.91. The van der Waals surface area contributed by atoms with Crippen molar-refractivity contribution in [2.24, 2.45) is 0 Å². The molecular formula is C25H23NO5. The molecule has 1 saturated heterocycles. The van der Waals surface area contributed by atoms with Crippen LogP contribution in [0.2, 0.25) is 0 Å². The molecular weight excluding hydrogens is 394 g/mol. The van der Waals surface area contributed by atoms with E-state index in [1.807, 2.05) is 32.0 Å². The number of nitrogens with zero attached hydrogens (tertiary/aromatic N) is 1. The normalized spacial score (nSPS) is 17.9. The minimum Gasteiger partial charge on any atom is -0.507 e. The molecule has 1 aromatic heterocycles. The standard InChI is InChI=1S/C25H23NO5/c1-14-9-11-19(30-4)17(13-14)23(27)21-22(20-12-10-16(3)31-20)26(25(29)24(21)28)18-8-6-5-7-15(18)2/h5-13,22,27H,1-4H3/b23-21+. The lowest BCUT2D eigenvalue weighted by Crippen LogP contribution is -2.29. The van der Waals surface area contributed by atoms with E-state index >= 15 is 0 Å². The van der Waals surface area contributed by atoms with Gasteiger partial charge in [-0.3, -0.25) is 14.5 Å². The van der Waals surface area contributed by atoms with Crippen LogP contribution in [0.3, 0.4) is 0 Å². The third-order valence-electron chi connectivity index (χ3n) is 5.46. The van der Waals surface area contributed by atoms with Crippen LogP contribution in [0, 0.1) is 20.8 Å². The van der Waals surface area contributed by atoms with Gasteiger partial charge in [0.1, 0.15) is 29.1 Å². The van der Waals surface area contributed by atoms with Gasteiger partial charge in [0.05, 0.1) is 18.2 Å². The minimum absolute atomic E-state index is 0.0356. The molecule has 3 aromatic rings. The van der Waals surface area contributed by atoms with E-state index in [1.165, 1.54) is 12.0 Å². The molecule has 1 amide bonds. The van der Waals surface area contributed by atoms with E-state index < -0.39 is 17.7 Å². The number of Topliss-reactive ketones (excluding diaryl/α,β-unsaturated/α-hetero) is 1. The number of aliphatic hydroxyl groups is 1. The van der Waals surface area contributed by atoms with Gasteiger partial charge in [0, 0.05) is 5.69 Å². The maximum Gasteiger partial charge on any atom is 0.300 e. The number of anilines is 1. The quantitative estimate of drug-likeness (QED) is 0.373. The number of amides is 1. The first kappa shape index (κ1) is 20.5. The molecule has 1 aliphatic heterocycles. The van der Waals surface area contributed by atoms with E-state index in [1.54, 1.807) is 43.3 Å². The molecule has 31 heavy (non-hydrogen) atoms. The van der Waals surface area contributed by atoms with Crippen molar-refractivity contribution < 1.29 is 23.8 Å². The fourth-order valence-electron chi connectivity index (χ4n) is 3.94. The van der Waals surface area contributed by atoms with Crippen LogP contribution >= 0.6 is 0 Å². The molecule has 1 aliphatic rings. The number of para-hydroxylation sites is 1. The summed E-state index contributed by atoms with van der Waals surface area (Å²) in [6, 6.07) is 15.2.